The summed E-state index contributed by atoms with van der Waals surface area (Å²) in [5.41, 5.74) is -0.514. The number of aliphatic imine (C=N–C) groups is 1. The Labute approximate surface area is 138 Å². The lowest BCUT2D eigenvalue weighted by Gasteiger charge is -2.19. The molecule has 134 valence electrons. The van der Waals surface area contributed by atoms with E-state index in [2.05, 4.69) is 26.3 Å². The van der Waals surface area contributed by atoms with E-state index in [0.29, 0.717) is 32.1 Å². The summed E-state index contributed by atoms with van der Waals surface area (Å²) < 4.78 is 5.13. The molecule has 0 aromatic heterocycles. The molecule has 0 atom stereocenters. The summed E-state index contributed by atoms with van der Waals surface area (Å²) in [6.07, 6.45) is 0.435. The van der Waals surface area contributed by atoms with Crippen LogP contribution in [0.15, 0.2) is 4.99 Å². The number of nitrogens with one attached hydrogen (secondary N) is 4. The van der Waals surface area contributed by atoms with Crippen molar-refractivity contribution >= 4 is 18.0 Å². The van der Waals surface area contributed by atoms with Crippen molar-refractivity contribution in [1.29, 1.82) is 0 Å². The highest BCUT2D eigenvalue weighted by Gasteiger charge is 2.15. The highest BCUT2D eigenvalue weighted by Crippen LogP contribution is 2.05. The minimum Gasteiger partial charge on any atom is -0.444 e. The van der Waals surface area contributed by atoms with Gasteiger partial charge in [-0.15, -0.1) is 0 Å². The Balaban J connectivity index is 4.09. The van der Waals surface area contributed by atoms with Crippen LogP contribution < -0.4 is 21.3 Å². The third kappa shape index (κ3) is 13.4. The first-order valence-corrected chi connectivity index (χ1v) is 8.04. The highest BCUT2D eigenvalue weighted by atomic mass is 16.6. The van der Waals surface area contributed by atoms with Crippen molar-refractivity contribution in [2.24, 2.45) is 4.99 Å². The first-order valence-electron chi connectivity index (χ1n) is 8.04. The molecule has 8 heteroatoms. The molecule has 0 fully saturated rings. The normalized spacial score (nSPS) is 11.6. The zero-order valence-electron chi connectivity index (χ0n) is 14.9. The standard InChI is InChI=1S/C15H31N5O3/c1-6-8-17-12(21)11-20-13(16-7-2)18-9-10-19-14(22)23-15(3,4)5/h6-11H2,1-5H3,(H,17,21)(H,19,22)(H2,16,18,20). The van der Waals surface area contributed by atoms with Crippen LogP contribution in [0.4, 0.5) is 4.79 Å². The molecule has 8 nitrogen and oxygen atoms in total. The van der Waals surface area contributed by atoms with E-state index in [0.717, 1.165) is 6.42 Å². The second-order valence-corrected chi connectivity index (χ2v) is 5.90. The van der Waals surface area contributed by atoms with Crippen LogP contribution in [0.5, 0.6) is 0 Å². The quantitative estimate of drug-likeness (QED) is 0.296. The molecule has 0 unspecified atom stereocenters. The molecule has 0 saturated heterocycles. The molecule has 0 spiro atoms. The second kappa shape index (κ2) is 11.6. The fourth-order valence-electron chi connectivity index (χ4n) is 1.47. The smallest absolute Gasteiger partial charge is 0.407 e. The third-order valence-electron chi connectivity index (χ3n) is 2.38. The average molecular weight is 329 g/mol. The van der Waals surface area contributed by atoms with E-state index in [1.165, 1.54) is 0 Å². The van der Waals surface area contributed by atoms with E-state index in [4.69, 9.17) is 4.74 Å². The van der Waals surface area contributed by atoms with Crippen molar-refractivity contribution in [3.05, 3.63) is 0 Å². The fourth-order valence-corrected chi connectivity index (χ4v) is 1.47. The number of carbonyl (C=O) groups is 2. The number of hydrogen-bond acceptors (Lipinski definition) is 4. The first-order chi connectivity index (χ1) is 10.8. The van der Waals surface area contributed by atoms with Crippen molar-refractivity contribution in [2.45, 2.75) is 46.6 Å². The van der Waals surface area contributed by atoms with Gasteiger partial charge in [0.05, 0.1) is 0 Å². The summed E-state index contributed by atoms with van der Waals surface area (Å²) >= 11 is 0. The summed E-state index contributed by atoms with van der Waals surface area (Å²) in [4.78, 5) is 27.2. The van der Waals surface area contributed by atoms with E-state index in [1.807, 2.05) is 34.6 Å². The van der Waals surface area contributed by atoms with Gasteiger partial charge in [0, 0.05) is 26.2 Å². The summed E-state index contributed by atoms with van der Waals surface area (Å²) in [6, 6.07) is 0. The van der Waals surface area contributed by atoms with Crippen LogP contribution in [0.25, 0.3) is 0 Å². The van der Waals surface area contributed by atoms with Gasteiger partial charge in [-0.05, 0) is 34.1 Å². The monoisotopic (exact) mass is 329 g/mol. The molecule has 0 aliphatic rings. The lowest BCUT2D eigenvalue weighted by atomic mass is 10.2. The number of ether oxygens (including phenoxy) is 1. The Hall–Kier alpha value is -1.99. The van der Waals surface area contributed by atoms with Gasteiger partial charge in [0.2, 0.25) is 5.91 Å². The van der Waals surface area contributed by atoms with Crippen LogP contribution in [0, 0.1) is 0 Å². The fraction of sp³-hybridized carbons (Fsp3) is 0.800. The number of hydrogen-bond donors (Lipinski definition) is 4. The van der Waals surface area contributed by atoms with Gasteiger partial charge in [-0.1, -0.05) is 6.92 Å². The summed E-state index contributed by atoms with van der Waals surface area (Å²) in [7, 11) is 0. The Bertz CT molecular complexity index is 391. The largest absolute Gasteiger partial charge is 0.444 e. The topological polar surface area (TPSA) is 104 Å². The molecule has 0 aliphatic carbocycles. The van der Waals surface area contributed by atoms with Crippen LogP contribution >= 0.6 is 0 Å². The van der Waals surface area contributed by atoms with E-state index in [-0.39, 0.29) is 12.5 Å². The molecule has 0 radical (unpaired) electrons. The van der Waals surface area contributed by atoms with E-state index < -0.39 is 11.7 Å². The van der Waals surface area contributed by atoms with Gasteiger partial charge in [0.15, 0.2) is 5.96 Å². The minimum absolute atomic E-state index is 0.0643. The number of rotatable bonds is 8. The number of nitrogens with zero attached hydrogens (tertiary/aromatic N) is 1. The van der Waals surface area contributed by atoms with Crippen LogP contribution in [0.2, 0.25) is 0 Å². The minimum atomic E-state index is -0.514. The molecule has 0 aromatic rings. The van der Waals surface area contributed by atoms with E-state index in [1.54, 1.807) is 0 Å². The number of alkyl carbamates (subject to hydrolysis) is 1. The molecule has 0 heterocycles. The Morgan fingerprint density at radius 2 is 1.61 bits per heavy atom. The predicted octanol–water partition coefficient (Wildman–Crippen LogP) is 0.592. The lowest BCUT2D eigenvalue weighted by molar-refractivity contribution is -0.119. The van der Waals surface area contributed by atoms with Gasteiger partial charge in [-0.25, -0.2) is 9.79 Å². The molecular formula is C15H31N5O3. The van der Waals surface area contributed by atoms with E-state index >= 15 is 0 Å². The van der Waals surface area contributed by atoms with Crippen LogP contribution in [-0.4, -0.2) is 56.3 Å². The maximum atomic E-state index is 11.5. The van der Waals surface area contributed by atoms with Gasteiger partial charge in [-0.3, -0.25) is 4.79 Å². The zero-order chi connectivity index (χ0) is 17.7. The number of guanidine groups is 1. The molecule has 2 amide bonds. The van der Waals surface area contributed by atoms with E-state index in [9.17, 15) is 9.59 Å². The molecular weight excluding hydrogens is 298 g/mol. The molecule has 0 bridgehead atoms. The molecule has 0 saturated carbocycles. The van der Waals surface area contributed by atoms with Gasteiger partial charge in [-0.2, -0.15) is 0 Å². The first kappa shape index (κ1) is 21.0. The van der Waals surface area contributed by atoms with Gasteiger partial charge in [0.1, 0.15) is 12.1 Å². The van der Waals surface area contributed by atoms with Crippen LogP contribution in [0.1, 0.15) is 41.0 Å². The SMILES string of the molecule is CCCNC(=O)CN=C(NCC)NCCNC(=O)OC(C)(C)C. The molecule has 0 aromatic carbocycles. The number of amides is 2. The molecule has 0 rings (SSSR count). The van der Waals surface area contributed by atoms with Gasteiger partial charge < -0.3 is 26.0 Å². The highest BCUT2D eigenvalue weighted by molar-refractivity contribution is 5.84. The van der Waals surface area contributed by atoms with Crippen molar-refractivity contribution < 1.29 is 14.3 Å². The van der Waals surface area contributed by atoms with Crippen molar-refractivity contribution in [2.75, 3.05) is 32.7 Å². The van der Waals surface area contributed by atoms with Crippen LogP contribution in [-0.2, 0) is 9.53 Å². The summed E-state index contributed by atoms with van der Waals surface area (Å²) in [6.45, 7) is 11.6. The number of carbonyl (C=O) groups excluding carboxylic acids is 2. The molecule has 23 heavy (non-hydrogen) atoms. The van der Waals surface area contributed by atoms with Crippen molar-refractivity contribution in [3.8, 4) is 0 Å². The Morgan fingerprint density at radius 3 is 2.17 bits per heavy atom. The lowest BCUT2D eigenvalue weighted by Crippen LogP contribution is -2.43. The maximum absolute atomic E-state index is 11.5. The zero-order valence-corrected chi connectivity index (χ0v) is 14.9. The van der Waals surface area contributed by atoms with Gasteiger partial charge in [0.25, 0.3) is 0 Å². The predicted molar refractivity (Wildman–Crippen MR) is 91.5 cm³/mol. The second-order valence-electron chi connectivity index (χ2n) is 5.90. The maximum Gasteiger partial charge on any atom is 0.407 e. The average Bonchev–Trinajstić information content (AvgIpc) is 2.45. The van der Waals surface area contributed by atoms with Crippen LogP contribution in [0.3, 0.4) is 0 Å². The molecule has 0 aliphatic heterocycles. The Kier molecular flexibility index (Phi) is 10.6. The summed E-state index contributed by atoms with van der Waals surface area (Å²) in [5, 5.41) is 11.5. The Morgan fingerprint density at radius 1 is 0.957 bits per heavy atom. The third-order valence-corrected chi connectivity index (χ3v) is 2.38. The molecule has 4 N–H and O–H groups in total. The van der Waals surface area contributed by atoms with Gasteiger partial charge >= 0.3 is 6.09 Å². The van der Waals surface area contributed by atoms with Crippen molar-refractivity contribution in [3.63, 3.8) is 0 Å². The summed E-state index contributed by atoms with van der Waals surface area (Å²) in [5.74, 6) is 0.418. The van der Waals surface area contributed by atoms with Crippen molar-refractivity contribution in [1.82, 2.24) is 21.3 Å².